The summed E-state index contributed by atoms with van der Waals surface area (Å²) in [5.74, 6) is -0.532. The number of halogens is 2. The van der Waals surface area contributed by atoms with E-state index in [2.05, 4.69) is 15.9 Å². The van der Waals surface area contributed by atoms with Gasteiger partial charge in [-0.3, -0.25) is 4.79 Å². The molecule has 0 N–H and O–H groups in total. The Labute approximate surface area is 96.6 Å². The molecule has 0 aliphatic heterocycles. The van der Waals surface area contributed by atoms with Crippen molar-refractivity contribution in [3.63, 3.8) is 0 Å². The number of benzene rings is 1. The molecule has 0 bridgehead atoms. The fourth-order valence-corrected chi connectivity index (χ4v) is 1.40. The second-order valence-corrected chi connectivity index (χ2v) is 3.92. The Kier molecular flexibility index (Phi) is 4.75. The van der Waals surface area contributed by atoms with Crippen LogP contribution in [0.15, 0.2) is 22.7 Å². The molecule has 1 aromatic carbocycles. The summed E-state index contributed by atoms with van der Waals surface area (Å²) in [6.07, 6.45) is 2.07. The van der Waals surface area contributed by atoms with E-state index in [-0.39, 0.29) is 16.2 Å². The summed E-state index contributed by atoms with van der Waals surface area (Å²) in [6, 6.07) is 4.35. The van der Waals surface area contributed by atoms with E-state index in [0.717, 1.165) is 12.8 Å². The van der Waals surface area contributed by atoms with Gasteiger partial charge in [-0.05, 0) is 34.5 Å². The Hall–Kier alpha value is -0.900. The number of ether oxygens (including phenoxy) is 1. The molecule has 0 amide bonds. The van der Waals surface area contributed by atoms with E-state index in [1.165, 1.54) is 12.1 Å². The minimum Gasteiger partial charge on any atom is -0.425 e. The van der Waals surface area contributed by atoms with Crippen LogP contribution in [0.2, 0.25) is 0 Å². The summed E-state index contributed by atoms with van der Waals surface area (Å²) in [6.45, 7) is 1.99. The van der Waals surface area contributed by atoms with Gasteiger partial charge in [0.15, 0.2) is 0 Å². The molecule has 0 saturated heterocycles. The van der Waals surface area contributed by atoms with Gasteiger partial charge in [-0.2, -0.15) is 0 Å². The monoisotopic (exact) mass is 274 g/mol. The number of carbonyl (C=O) groups excluding carboxylic acids is 1. The lowest BCUT2D eigenvalue weighted by atomic mass is 10.2. The normalized spacial score (nSPS) is 10.1. The quantitative estimate of drug-likeness (QED) is 0.619. The van der Waals surface area contributed by atoms with Gasteiger partial charge >= 0.3 is 5.97 Å². The number of hydrogen-bond acceptors (Lipinski definition) is 2. The Morgan fingerprint density at radius 3 is 2.93 bits per heavy atom. The maximum absolute atomic E-state index is 13.0. The Morgan fingerprint density at radius 1 is 1.53 bits per heavy atom. The lowest BCUT2D eigenvalue weighted by molar-refractivity contribution is -0.134. The average molecular weight is 275 g/mol. The van der Waals surface area contributed by atoms with Crippen LogP contribution in [0.1, 0.15) is 26.2 Å². The minimum atomic E-state index is -0.434. The van der Waals surface area contributed by atoms with Gasteiger partial charge in [0, 0.05) is 6.42 Å². The van der Waals surface area contributed by atoms with E-state index in [1.54, 1.807) is 6.07 Å². The second kappa shape index (κ2) is 5.85. The van der Waals surface area contributed by atoms with Crippen LogP contribution in [-0.2, 0) is 4.79 Å². The molecule has 0 radical (unpaired) electrons. The number of carbonyl (C=O) groups is 1. The molecule has 0 aromatic heterocycles. The van der Waals surface area contributed by atoms with Gasteiger partial charge < -0.3 is 4.74 Å². The first-order valence-electron chi connectivity index (χ1n) is 4.80. The lowest BCUT2D eigenvalue weighted by Gasteiger charge is -2.06. The second-order valence-electron chi connectivity index (χ2n) is 3.13. The van der Waals surface area contributed by atoms with Crippen LogP contribution >= 0.6 is 15.9 Å². The maximum atomic E-state index is 13.0. The lowest BCUT2D eigenvalue weighted by Crippen LogP contribution is -2.07. The Bertz CT molecular complexity index is 352. The number of esters is 1. The molecule has 0 fully saturated rings. The zero-order valence-electron chi connectivity index (χ0n) is 8.43. The van der Waals surface area contributed by atoms with Crippen LogP contribution in [-0.4, -0.2) is 5.97 Å². The molecule has 82 valence electrons. The van der Waals surface area contributed by atoms with Crippen LogP contribution in [0.3, 0.4) is 0 Å². The van der Waals surface area contributed by atoms with Crippen LogP contribution < -0.4 is 4.74 Å². The molecule has 15 heavy (non-hydrogen) atoms. The van der Waals surface area contributed by atoms with Gasteiger partial charge in [-0.25, -0.2) is 4.39 Å². The van der Waals surface area contributed by atoms with Gasteiger partial charge in [0.2, 0.25) is 0 Å². The van der Waals surface area contributed by atoms with E-state index < -0.39 is 5.82 Å². The van der Waals surface area contributed by atoms with Crippen molar-refractivity contribution >= 4 is 21.9 Å². The molecule has 0 aliphatic carbocycles. The van der Waals surface area contributed by atoms with Crippen LogP contribution in [0.25, 0.3) is 0 Å². The third-order valence-electron chi connectivity index (χ3n) is 1.87. The average Bonchev–Trinajstić information content (AvgIpc) is 2.22. The molecule has 0 atom stereocenters. The first-order valence-corrected chi connectivity index (χ1v) is 5.59. The third-order valence-corrected chi connectivity index (χ3v) is 2.64. The van der Waals surface area contributed by atoms with Gasteiger partial charge in [0.05, 0.1) is 4.47 Å². The maximum Gasteiger partial charge on any atom is 0.311 e. The van der Waals surface area contributed by atoms with Crippen molar-refractivity contribution in [2.75, 3.05) is 0 Å². The van der Waals surface area contributed by atoms with Crippen LogP contribution in [0, 0.1) is 5.82 Å². The van der Waals surface area contributed by atoms with E-state index in [4.69, 9.17) is 4.74 Å². The Morgan fingerprint density at radius 2 is 2.27 bits per heavy atom. The van der Waals surface area contributed by atoms with E-state index in [0.29, 0.717) is 6.42 Å². The minimum absolute atomic E-state index is 0.190. The molecule has 2 nitrogen and oxygen atoms in total. The Balaban J connectivity index is 2.64. The van der Waals surface area contributed by atoms with Crippen LogP contribution in [0.5, 0.6) is 5.75 Å². The smallest absolute Gasteiger partial charge is 0.311 e. The highest BCUT2D eigenvalue weighted by Crippen LogP contribution is 2.27. The molecular weight excluding hydrogens is 263 g/mol. The number of rotatable bonds is 4. The van der Waals surface area contributed by atoms with Crippen molar-refractivity contribution in [3.8, 4) is 5.75 Å². The van der Waals surface area contributed by atoms with E-state index >= 15 is 0 Å². The van der Waals surface area contributed by atoms with Gasteiger partial charge in [-0.15, -0.1) is 0 Å². The van der Waals surface area contributed by atoms with Crippen molar-refractivity contribution in [2.45, 2.75) is 26.2 Å². The van der Waals surface area contributed by atoms with Gasteiger partial charge in [-0.1, -0.05) is 19.4 Å². The fourth-order valence-electron chi connectivity index (χ4n) is 1.06. The molecule has 1 aromatic rings. The summed E-state index contributed by atoms with van der Waals surface area (Å²) in [5, 5.41) is 0. The standard InChI is InChI=1S/C11H12BrFO2/c1-2-3-7-10(14)15-9-6-4-5-8(13)11(9)12/h4-6H,2-3,7H2,1H3. The predicted molar refractivity (Wildman–Crippen MR) is 59.3 cm³/mol. The molecule has 1 rings (SSSR count). The zero-order chi connectivity index (χ0) is 11.3. The molecule has 0 aliphatic rings. The third kappa shape index (κ3) is 3.63. The highest BCUT2D eigenvalue weighted by atomic mass is 79.9. The molecule has 0 heterocycles. The van der Waals surface area contributed by atoms with Crippen molar-refractivity contribution < 1.29 is 13.9 Å². The predicted octanol–water partition coefficient (Wildman–Crippen LogP) is 3.68. The highest BCUT2D eigenvalue weighted by Gasteiger charge is 2.10. The fraction of sp³-hybridized carbons (Fsp3) is 0.364. The number of hydrogen-bond donors (Lipinski definition) is 0. The first kappa shape index (κ1) is 12.2. The topological polar surface area (TPSA) is 26.3 Å². The summed E-state index contributed by atoms with van der Waals surface area (Å²) in [4.78, 5) is 11.3. The summed E-state index contributed by atoms with van der Waals surface area (Å²) < 4.78 is 18.2. The molecule has 0 unspecified atom stereocenters. The highest BCUT2D eigenvalue weighted by molar-refractivity contribution is 9.10. The SMILES string of the molecule is CCCCC(=O)Oc1cccc(F)c1Br. The largest absolute Gasteiger partial charge is 0.425 e. The van der Waals surface area contributed by atoms with Crippen molar-refractivity contribution in [1.82, 2.24) is 0 Å². The summed E-state index contributed by atoms with van der Waals surface area (Å²) >= 11 is 3.02. The van der Waals surface area contributed by atoms with Gasteiger partial charge in [0.1, 0.15) is 11.6 Å². The number of unbranched alkanes of at least 4 members (excludes halogenated alkanes) is 1. The van der Waals surface area contributed by atoms with Crippen molar-refractivity contribution in [1.29, 1.82) is 0 Å². The molecular formula is C11H12BrFO2. The van der Waals surface area contributed by atoms with Crippen molar-refractivity contribution in [3.05, 3.63) is 28.5 Å². The van der Waals surface area contributed by atoms with Crippen LogP contribution in [0.4, 0.5) is 4.39 Å². The zero-order valence-corrected chi connectivity index (χ0v) is 10.0. The summed E-state index contributed by atoms with van der Waals surface area (Å²) in [7, 11) is 0. The molecule has 0 saturated carbocycles. The first-order chi connectivity index (χ1) is 7.15. The molecule has 0 spiro atoms. The summed E-state index contributed by atoms with van der Waals surface area (Å²) in [5.41, 5.74) is 0. The van der Waals surface area contributed by atoms with E-state index in [1.807, 2.05) is 6.92 Å². The van der Waals surface area contributed by atoms with E-state index in [9.17, 15) is 9.18 Å². The van der Waals surface area contributed by atoms with Crippen molar-refractivity contribution in [2.24, 2.45) is 0 Å². The molecule has 4 heteroatoms. The van der Waals surface area contributed by atoms with Gasteiger partial charge in [0.25, 0.3) is 0 Å².